The number of rotatable bonds is 3. The van der Waals surface area contributed by atoms with Crippen molar-refractivity contribution in [2.45, 2.75) is 12.8 Å². The summed E-state index contributed by atoms with van der Waals surface area (Å²) in [4.78, 5) is 16.5. The molecule has 1 amide bonds. The quantitative estimate of drug-likeness (QED) is 0.912. The second kappa shape index (κ2) is 7.54. The van der Waals surface area contributed by atoms with Crippen LogP contribution >= 0.6 is 23.7 Å². The Balaban J connectivity index is 0.00000161. The standard InChI is InChI=1S/C15H17N3OS.ClH/c19-14(12-4-2-6-16-10-12)18-13-5-1-3-11(9-13)15-17-7-8-20-15;/h1,3,5,7-9,12,16H,2,4,6,10H2,(H,18,19);1H. The zero-order chi connectivity index (χ0) is 13.8. The van der Waals surface area contributed by atoms with Crippen LogP contribution in [0.4, 0.5) is 5.69 Å². The molecule has 1 aliphatic heterocycles. The Kier molecular flexibility index (Phi) is 5.73. The van der Waals surface area contributed by atoms with E-state index in [0.29, 0.717) is 0 Å². The number of amides is 1. The summed E-state index contributed by atoms with van der Waals surface area (Å²) in [6.07, 6.45) is 3.82. The second-order valence-electron chi connectivity index (χ2n) is 4.95. The van der Waals surface area contributed by atoms with E-state index in [-0.39, 0.29) is 24.2 Å². The van der Waals surface area contributed by atoms with E-state index in [9.17, 15) is 4.79 Å². The molecule has 0 aliphatic carbocycles. The molecule has 1 fully saturated rings. The molecule has 2 heterocycles. The van der Waals surface area contributed by atoms with E-state index in [1.165, 1.54) is 0 Å². The van der Waals surface area contributed by atoms with Crippen LogP contribution in [0.25, 0.3) is 10.6 Å². The van der Waals surface area contributed by atoms with Crippen molar-refractivity contribution in [1.82, 2.24) is 10.3 Å². The predicted molar refractivity (Wildman–Crippen MR) is 89.0 cm³/mol. The molecule has 1 aromatic carbocycles. The summed E-state index contributed by atoms with van der Waals surface area (Å²) in [5.41, 5.74) is 1.88. The number of carbonyl (C=O) groups excluding carboxylic acids is 1. The molecular weight excluding hydrogens is 306 g/mol. The average molecular weight is 324 g/mol. The minimum Gasteiger partial charge on any atom is -0.326 e. The number of nitrogens with zero attached hydrogens (tertiary/aromatic N) is 1. The average Bonchev–Trinajstić information content (AvgIpc) is 3.03. The number of halogens is 1. The van der Waals surface area contributed by atoms with Crippen LogP contribution in [-0.4, -0.2) is 24.0 Å². The van der Waals surface area contributed by atoms with Crippen molar-refractivity contribution in [3.8, 4) is 10.6 Å². The molecule has 1 aromatic heterocycles. The van der Waals surface area contributed by atoms with Crippen LogP contribution < -0.4 is 10.6 Å². The molecule has 2 N–H and O–H groups in total. The van der Waals surface area contributed by atoms with Gasteiger partial charge >= 0.3 is 0 Å². The van der Waals surface area contributed by atoms with Gasteiger partial charge in [0.15, 0.2) is 0 Å². The molecule has 6 heteroatoms. The molecule has 1 atom stereocenters. The first-order chi connectivity index (χ1) is 9.83. The predicted octanol–water partition coefficient (Wildman–Crippen LogP) is 3.17. The Bertz CT molecular complexity index is 582. The molecule has 0 saturated carbocycles. The van der Waals surface area contributed by atoms with Crippen molar-refractivity contribution in [2.75, 3.05) is 18.4 Å². The van der Waals surface area contributed by atoms with Crippen molar-refractivity contribution in [2.24, 2.45) is 5.92 Å². The van der Waals surface area contributed by atoms with E-state index in [4.69, 9.17) is 0 Å². The monoisotopic (exact) mass is 323 g/mol. The highest BCUT2D eigenvalue weighted by Crippen LogP contribution is 2.24. The fourth-order valence-electron chi connectivity index (χ4n) is 2.42. The second-order valence-corrected chi connectivity index (χ2v) is 5.85. The third-order valence-electron chi connectivity index (χ3n) is 3.48. The van der Waals surface area contributed by atoms with E-state index in [0.717, 1.165) is 42.2 Å². The number of piperidine rings is 1. The summed E-state index contributed by atoms with van der Waals surface area (Å²) < 4.78 is 0. The molecule has 0 radical (unpaired) electrons. The lowest BCUT2D eigenvalue weighted by atomic mass is 9.99. The largest absolute Gasteiger partial charge is 0.326 e. The van der Waals surface area contributed by atoms with Gasteiger partial charge in [-0.25, -0.2) is 4.98 Å². The first-order valence-electron chi connectivity index (χ1n) is 6.84. The highest BCUT2D eigenvalue weighted by atomic mass is 35.5. The minimum absolute atomic E-state index is 0. The number of hydrogen-bond acceptors (Lipinski definition) is 4. The number of aromatic nitrogens is 1. The van der Waals surface area contributed by atoms with Crippen molar-refractivity contribution < 1.29 is 4.79 Å². The van der Waals surface area contributed by atoms with Gasteiger partial charge in [0.05, 0.1) is 5.92 Å². The highest BCUT2D eigenvalue weighted by molar-refractivity contribution is 7.13. The maximum Gasteiger partial charge on any atom is 0.228 e. The SMILES string of the molecule is Cl.O=C(Nc1cccc(-c2nccs2)c1)C1CCCNC1. The van der Waals surface area contributed by atoms with E-state index in [1.54, 1.807) is 17.5 Å². The number of nitrogens with one attached hydrogen (secondary N) is 2. The maximum absolute atomic E-state index is 12.2. The fraction of sp³-hybridized carbons (Fsp3) is 0.333. The van der Waals surface area contributed by atoms with Gasteiger partial charge in [-0.05, 0) is 31.5 Å². The van der Waals surface area contributed by atoms with E-state index < -0.39 is 0 Å². The third-order valence-corrected chi connectivity index (χ3v) is 4.30. The van der Waals surface area contributed by atoms with Gasteiger partial charge in [-0.3, -0.25) is 4.79 Å². The number of hydrogen-bond donors (Lipinski definition) is 2. The Morgan fingerprint density at radius 3 is 3.05 bits per heavy atom. The first kappa shape index (κ1) is 15.9. The summed E-state index contributed by atoms with van der Waals surface area (Å²) in [6.45, 7) is 1.79. The Labute approximate surface area is 134 Å². The number of thiazole rings is 1. The molecule has 0 spiro atoms. The summed E-state index contributed by atoms with van der Waals surface area (Å²) in [5, 5.41) is 9.20. The molecule has 3 rings (SSSR count). The Hall–Kier alpha value is -1.43. The third kappa shape index (κ3) is 4.03. The lowest BCUT2D eigenvalue weighted by Crippen LogP contribution is -2.37. The number of anilines is 1. The van der Waals surface area contributed by atoms with E-state index in [1.807, 2.05) is 29.6 Å². The molecule has 1 saturated heterocycles. The molecule has 21 heavy (non-hydrogen) atoms. The van der Waals surface area contributed by atoms with Gasteiger partial charge in [0.2, 0.25) is 5.91 Å². The van der Waals surface area contributed by atoms with Gasteiger partial charge in [0.1, 0.15) is 5.01 Å². The molecular formula is C15H18ClN3OS. The molecule has 2 aromatic rings. The highest BCUT2D eigenvalue weighted by Gasteiger charge is 2.20. The van der Waals surface area contributed by atoms with Crippen LogP contribution in [0, 0.1) is 5.92 Å². The number of benzene rings is 1. The van der Waals surface area contributed by atoms with Crippen LogP contribution in [-0.2, 0) is 4.79 Å². The number of carbonyl (C=O) groups is 1. The Morgan fingerprint density at radius 1 is 1.43 bits per heavy atom. The fourth-order valence-corrected chi connectivity index (χ4v) is 3.05. The Morgan fingerprint density at radius 2 is 2.33 bits per heavy atom. The van der Waals surface area contributed by atoms with Crippen LogP contribution in [0.2, 0.25) is 0 Å². The van der Waals surface area contributed by atoms with Crippen LogP contribution in [0.1, 0.15) is 12.8 Å². The summed E-state index contributed by atoms with van der Waals surface area (Å²) >= 11 is 1.60. The van der Waals surface area contributed by atoms with Crippen molar-refractivity contribution >= 4 is 35.3 Å². The summed E-state index contributed by atoms with van der Waals surface area (Å²) in [6, 6.07) is 7.86. The first-order valence-corrected chi connectivity index (χ1v) is 7.72. The molecule has 0 bridgehead atoms. The van der Waals surface area contributed by atoms with Gasteiger partial charge in [-0.15, -0.1) is 23.7 Å². The van der Waals surface area contributed by atoms with Crippen LogP contribution in [0.5, 0.6) is 0 Å². The van der Waals surface area contributed by atoms with Gasteiger partial charge in [-0.1, -0.05) is 12.1 Å². The normalized spacial score (nSPS) is 17.8. The van der Waals surface area contributed by atoms with Gasteiger partial charge in [0, 0.05) is 29.4 Å². The molecule has 1 aliphatic rings. The lowest BCUT2D eigenvalue weighted by Gasteiger charge is -2.21. The summed E-state index contributed by atoms with van der Waals surface area (Å²) in [7, 11) is 0. The topological polar surface area (TPSA) is 54.0 Å². The smallest absolute Gasteiger partial charge is 0.228 e. The van der Waals surface area contributed by atoms with E-state index in [2.05, 4.69) is 15.6 Å². The zero-order valence-corrected chi connectivity index (χ0v) is 13.2. The van der Waals surface area contributed by atoms with Crippen molar-refractivity contribution in [1.29, 1.82) is 0 Å². The van der Waals surface area contributed by atoms with E-state index >= 15 is 0 Å². The van der Waals surface area contributed by atoms with Gasteiger partial charge in [0.25, 0.3) is 0 Å². The van der Waals surface area contributed by atoms with Crippen molar-refractivity contribution in [3.63, 3.8) is 0 Å². The van der Waals surface area contributed by atoms with Crippen molar-refractivity contribution in [3.05, 3.63) is 35.8 Å². The van der Waals surface area contributed by atoms with Gasteiger partial charge < -0.3 is 10.6 Å². The zero-order valence-electron chi connectivity index (χ0n) is 11.5. The molecule has 4 nitrogen and oxygen atoms in total. The van der Waals surface area contributed by atoms with Crippen LogP contribution in [0.3, 0.4) is 0 Å². The lowest BCUT2D eigenvalue weighted by molar-refractivity contribution is -0.120. The molecule has 1 unspecified atom stereocenters. The van der Waals surface area contributed by atoms with Crippen LogP contribution in [0.15, 0.2) is 35.8 Å². The summed E-state index contributed by atoms with van der Waals surface area (Å²) in [5.74, 6) is 0.181. The van der Waals surface area contributed by atoms with Gasteiger partial charge in [-0.2, -0.15) is 0 Å². The molecule has 112 valence electrons. The minimum atomic E-state index is 0. The maximum atomic E-state index is 12.2.